The van der Waals surface area contributed by atoms with E-state index in [0.717, 1.165) is 37.3 Å². The molecule has 112 valence electrons. The SMILES string of the molecule is CCCC1(c2c(OC)cccc2OC)CCCCCN1. The monoisotopic (exact) mass is 277 g/mol. The lowest BCUT2D eigenvalue weighted by atomic mass is 9.80. The average Bonchev–Trinajstić information content (AvgIpc) is 2.73. The third-order valence-electron chi connectivity index (χ3n) is 4.33. The van der Waals surface area contributed by atoms with Crippen LogP contribution in [0.3, 0.4) is 0 Å². The normalized spacial score (nSPS) is 23.1. The quantitative estimate of drug-likeness (QED) is 0.886. The minimum atomic E-state index is -0.0107. The van der Waals surface area contributed by atoms with E-state index in [1.54, 1.807) is 14.2 Å². The van der Waals surface area contributed by atoms with Crippen LogP contribution in [-0.2, 0) is 5.54 Å². The zero-order chi connectivity index (χ0) is 14.4. The molecule has 0 bridgehead atoms. The van der Waals surface area contributed by atoms with Crippen LogP contribution >= 0.6 is 0 Å². The molecular weight excluding hydrogens is 250 g/mol. The summed E-state index contributed by atoms with van der Waals surface area (Å²) in [6.07, 6.45) is 7.22. The number of ether oxygens (including phenoxy) is 2. The van der Waals surface area contributed by atoms with Gasteiger partial charge >= 0.3 is 0 Å². The smallest absolute Gasteiger partial charge is 0.127 e. The first kappa shape index (κ1) is 15.2. The molecule has 1 unspecified atom stereocenters. The summed E-state index contributed by atoms with van der Waals surface area (Å²) in [5.41, 5.74) is 1.19. The lowest BCUT2D eigenvalue weighted by Gasteiger charge is -2.36. The Labute approximate surface area is 122 Å². The molecule has 3 nitrogen and oxygen atoms in total. The van der Waals surface area contributed by atoms with Crippen molar-refractivity contribution in [1.29, 1.82) is 0 Å². The summed E-state index contributed by atoms with van der Waals surface area (Å²) in [6, 6.07) is 6.08. The van der Waals surface area contributed by atoms with E-state index < -0.39 is 0 Å². The van der Waals surface area contributed by atoms with Gasteiger partial charge in [0.2, 0.25) is 0 Å². The highest BCUT2D eigenvalue weighted by atomic mass is 16.5. The zero-order valence-electron chi connectivity index (χ0n) is 13.0. The molecule has 1 aromatic carbocycles. The molecule has 1 atom stereocenters. The molecule has 0 amide bonds. The molecule has 1 fully saturated rings. The predicted molar refractivity (Wildman–Crippen MR) is 82.6 cm³/mol. The van der Waals surface area contributed by atoms with Gasteiger partial charge in [0.1, 0.15) is 11.5 Å². The number of benzene rings is 1. The first-order chi connectivity index (χ1) is 9.77. The fraction of sp³-hybridized carbons (Fsp3) is 0.647. The van der Waals surface area contributed by atoms with Crippen molar-refractivity contribution in [1.82, 2.24) is 5.32 Å². The Kier molecular flexibility index (Phi) is 5.30. The van der Waals surface area contributed by atoms with Gasteiger partial charge in [-0.15, -0.1) is 0 Å². The van der Waals surface area contributed by atoms with Crippen molar-refractivity contribution < 1.29 is 9.47 Å². The topological polar surface area (TPSA) is 30.5 Å². The molecule has 0 radical (unpaired) electrons. The summed E-state index contributed by atoms with van der Waals surface area (Å²) in [7, 11) is 3.49. The second-order valence-electron chi connectivity index (χ2n) is 5.61. The van der Waals surface area contributed by atoms with Crippen LogP contribution in [-0.4, -0.2) is 20.8 Å². The van der Waals surface area contributed by atoms with Gasteiger partial charge in [0.25, 0.3) is 0 Å². The summed E-state index contributed by atoms with van der Waals surface area (Å²) in [5.74, 6) is 1.87. The summed E-state index contributed by atoms with van der Waals surface area (Å²) >= 11 is 0. The lowest BCUT2D eigenvalue weighted by Crippen LogP contribution is -2.42. The van der Waals surface area contributed by atoms with Crippen molar-refractivity contribution in [3.8, 4) is 11.5 Å². The molecule has 1 aliphatic heterocycles. The van der Waals surface area contributed by atoms with Crippen molar-refractivity contribution in [3.05, 3.63) is 23.8 Å². The van der Waals surface area contributed by atoms with E-state index in [9.17, 15) is 0 Å². The molecule has 20 heavy (non-hydrogen) atoms. The minimum Gasteiger partial charge on any atom is -0.496 e. The summed E-state index contributed by atoms with van der Waals surface area (Å²) in [4.78, 5) is 0. The molecule has 1 N–H and O–H groups in total. The maximum atomic E-state index is 5.63. The van der Waals surface area contributed by atoms with Gasteiger partial charge in [0.15, 0.2) is 0 Å². The molecule has 0 saturated carbocycles. The van der Waals surface area contributed by atoms with Gasteiger partial charge in [0.05, 0.1) is 25.3 Å². The van der Waals surface area contributed by atoms with Gasteiger partial charge in [-0.2, -0.15) is 0 Å². The third-order valence-corrected chi connectivity index (χ3v) is 4.33. The highest BCUT2D eigenvalue weighted by molar-refractivity contribution is 5.49. The molecule has 0 spiro atoms. The van der Waals surface area contributed by atoms with Crippen LogP contribution in [0.15, 0.2) is 18.2 Å². The summed E-state index contributed by atoms with van der Waals surface area (Å²) < 4.78 is 11.3. The van der Waals surface area contributed by atoms with Gasteiger partial charge in [-0.25, -0.2) is 0 Å². The lowest BCUT2D eigenvalue weighted by molar-refractivity contribution is 0.268. The first-order valence-electron chi connectivity index (χ1n) is 7.74. The molecule has 1 heterocycles. The van der Waals surface area contributed by atoms with Gasteiger partial charge in [-0.05, 0) is 37.9 Å². The molecule has 1 aromatic rings. The average molecular weight is 277 g/mol. The van der Waals surface area contributed by atoms with Gasteiger partial charge in [-0.1, -0.05) is 32.3 Å². The standard InChI is InChI=1S/C17H27NO2/c1-4-11-17(12-6-5-7-13-18-17)16-14(19-2)9-8-10-15(16)20-3/h8-10,18H,4-7,11-13H2,1-3H3. The van der Waals surface area contributed by atoms with E-state index in [-0.39, 0.29) is 5.54 Å². The molecule has 0 aliphatic carbocycles. The Bertz CT molecular complexity index is 401. The van der Waals surface area contributed by atoms with Gasteiger partial charge in [0, 0.05) is 0 Å². The number of methoxy groups -OCH3 is 2. The fourth-order valence-electron chi connectivity index (χ4n) is 3.45. The van der Waals surface area contributed by atoms with Crippen LogP contribution in [0.2, 0.25) is 0 Å². The van der Waals surface area contributed by atoms with Crippen LogP contribution in [0.4, 0.5) is 0 Å². The van der Waals surface area contributed by atoms with Crippen molar-refractivity contribution >= 4 is 0 Å². The fourth-order valence-corrected chi connectivity index (χ4v) is 3.45. The summed E-state index contributed by atoms with van der Waals surface area (Å²) in [6.45, 7) is 3.32. The maximum absolute atomic E-state index is 5.63. The Balaban J connectivity index is 2.52. The van der Waals surface area contributed by atoms with Crippen molar-refractivity contribution in [3.63, 3.8) is 0 Å². The molecule has 2 rings (SSSR count). The highest BCUT2D eigenvalue weighted by Crippen LogP contribution is 2.44. The summed E-state index contributed by atoms with van der Waals surface area (Å²) in [5, 5.41) is 3.80. The van der Waals surface area contributed by atoms with Crippen LogP contribution in [0.25, 0.3) is 0 Å². The second kappa shape index (κ2) is 6.98. The molecular formula is C17H27NO2. The predicted octanol–water partition coefficient (Wildman–Crippen LogP) is 3.86. The largest absolute Gasteiger partial charge is 0.496 e. The van der Waals surface area contributed by atoms with Crippen LogP contribution in [0, 0.1) is 0 Å². The Morgan fingerprint density at radius 1 is 1.10 bits per heavy atom. The van der Waals surface area contributed by atoms with E-state index in [4.69, 9.17) is 9.47 Å². The van der Waals surface area contributed by atoms with Crippen molar-refractivity contribution in [2.75, 3.05) is 20.8 Å². The van der Waals surface area contributed by atoms with E-state index in [0.29, 0.717) is 0 Å². The number of nitrogens with one attached hydrogen (secondary N) is 1. The van der Waals surface area contributed by atoms with Crippen LogP contribution < -0.4 is 14.8 Å². The maximum Gasteiger partial charge on any atom is 0.127 e. The van der Waals surface area contributed by atoms with E-state index >= 15 is 0 Å². The zero-order valence-corrected chi connectivity index (χ0v) is 13.0. The molecule has 0 aromatic heterocycles. The van der Waals surface area contributed by atoms with E-state index in [1.165, 1.54) is 24.8 Å². The number of rotatable bonds is 5. The Morgan fingerprint density at radius 2 is 1.80 bits per heavy atom. The van der Waals surface area contributed by atoms with E-state index in [2.05, 4.69) is 12.2 Å². The highest BCUT2D eigenvalue weighted by Gasteiger charge is 2.36. The minimum absolute atomic E-state index is 0.0107. The number of hydrogen-bond donors (Lipinski definition) is 1. The van der Waals surface area contributed by atoms with Crippen molar-refractivity contribution in [2.24, 2.45) is 0 Å². The van der Waals surface area contributed by atoms with Gasteiger partial charge < -0.3 is 14.8 Å². The van der Waals surface area contributed by atoms with E-state index in [1.807, 2.05) is 18.2 Å². The van der Waals surface area contributed by atoms with Crippen LogP contribution in [0.5, 0.6) is 11.5 Å². The van der Waals surface area contributed by atoms with Crippen molar-refractivity contribution in [2.45, 2.75) is 51.0 Å². The Morgan fingerprint density at radius 3 is 2.40 bits per heavy atom. The molecule has 1 saturated heterocycles. The van der Waals surface area contributed by atoms with Crippen LogP contribution in [0.1, 0.15) is 51.0 Å². The Hall–Kier alpha value is -1.22. The number of hydrogen-bond acceptors (Lipinski definition) is 3. The molecule has 1 aliphatic rings. The molecule has 3 heteroatoms. The first-order valence-corrected chi connectivity index (χ1v) is 7.74. The second-order valence-corrected chi connectivity index (χ2v) is 5.61. The third kappa shape index (κ3) is 2.93. The van der Waals surface area contributed by atoms with Gasteiger partial charge in [-0.3, -0.25) is 0 Å².